The Morgan fingerprint density at radius 3 is 2.58 bits per heavy atom. The predicted molar refractivity (Wildman–Crippen MR) is 73.2 cm³/mol. The number of hydrogen-bond donors (Lipinski definition) is 2. The van der Waals surface area contributed by atoms with Gasteiger partial charge in [0.25, 0.3) is 5.91 Å². The van der Waals surface area contributed by atoms with Crippen LogP contribution in [-0.4, -0.2) is 5.91 Å². The van der Waals surface area contributed by atoms with Gasteiger partial charge in [-0.2, -0.15) is 0 Å². The van der Waals surface area contributed by atoms with Crippen LogP contribution in [0.3, 0.4) is 0 Å². The fourth-order valence-corrected chi connectivity index (χ4v) is 1.73. The highest BCUT2D eigenvalue weighted by Crippen LogP contribution is 2.10. The van der Waals surface area contributed by atoms with Crippen LogP contribution in [-0.2, 0) is 6.54 Å². The molecule has 2 rings (SSSR count). The summed E-state index contributed by atoms with van der Waals surface area (Å²) in [5, 5.41) is 2.68. The van der Waals surface area contributed by atoms with Crippen molar-refractivity contribution in [1.29, 1.82) is 0 Å². The van der Waals surface area contributed by atoms with Gasteiger partial charge in [-0.25, -0.2) is 4.39 Å². The Balaban J connectivity index is 2.05. The van der Waals surface area contributed by atoms with Crippen molar-refractivity contribution in [3.63, 3.8) is 0 Å². The molecule has 0 fully saturated rings. The Hall–Kier alpha value is -2.36. The molecule has 98 valence electrons. The summed E-state index contributed by atoms with van der Waals surface area (Å²) in [6.45, 7) is 2.16. The zero-order valence-electron chi connectivity index (χ0n) is 10.6. The van der Waals surface area contributed by atoms with Crippen LogP contribution < -0.4 is 11.1 Å². The lowest BCUT2D eigenvalue weighted by Crippen LogP contribution is -2.23. The molecular formula is C15H15FN2O. The summed E-state index contributed by atoms with van der Waals surface area (Å²) in [4.78, 5) is 11.9. The number of nitrogen functional groups attached to an aromatic ring is 1. The van der Waals surface area contributed by atoms with Crippen molar-refractivity contribution in [2.45, 2.75) is 13.5 Å². The topological polar surface area (TPSA) is 55.1 Å². The Kier molecular flexibility index (Phi) is 3.80. The molecule has 0 radical (unpaired) electrons. The SMILES string of the molecule is Cc1ccc(F)c(C(=O)NCc2ccc(N)cc2)c1. The van der Waals surface area contributed by atoms with E-state index < -0.39 is 11.7 Å². The van der Waals surface area contributed by atoms with Crippen molar-refractivity contribution in [3.05, 3.63) is 65.0 Å². The standard InChI is InChI=1S/C15H15FN2O/c1-10-2-7-14(16)13(8-10)15(19)18-9-11-3-5-12(17)6-4-11/h2-8H,9,17H2,1H3,(H,18,19). The smallest absolute Gasteiger partial charge is 0.254 e. The lowest BCUT2D eigenvalue weighted by atomic mass is 10.1. The van der Waals surface area contributed by atoms with Crippen LogP contribution in [0.25, 0.3) is 0 Å². The largest absolute Gasteiger partial charge is 0.399 e. The highest BCUT2D eigenvalue weighted by molar-refractivity contribution is 5.94. The molecular weight excluding hydrogens is 243 g/mol. The molecule has 0 aliphatic rings. The summed E-state index contributed by atoms with van der Waals surface area (Å²) in [7, 11) is 0. The highest BCUT2D eigenvalue weighted by atomic mass is 19.1. The van der Waals surface area contributed by atoms with Crippen LogP contribution >= 0.6 is 0 Å². The maximum atomic E-state index is 13.5. The van der Waals surface area contributed by atoms with Crippen LogP contribution in [0.4, 0.5) is 10.1 Å². The fourth-order valence-electron chi connectivity index (χ4n) is 1.73. The van der Waals surface area contributed by atoms with Crippen LogP contribution in [0.15, 0.2) is 42.5 Å². The quantitative estimate of drug-likeness (QED) is 0.831. The number of nitrogens with two attached hydrogens (primary N) is 1. The van der Waals surface area contributed by atoms with E-state index in [1.54, 1.807) is 18.2 Å². The fraction of sp³-hybridized carbons (Fsp3) is 0.133. The number of carbonyl (C=O) groups excluding carboxylic acids is 1. The Bertz CT molecular complexity index is 594. The first-order chi connectivity index (χ1) is 9.06. The maximum Gasteiger partial charge on any atom is 0.254 e. The van der Waals surface area contributed by atoms with Gasteiger partial charge in [0, 0.05) is 12.2 Å². The van der Waals surface area contributed by atoms with Crippen molar-refractivity contribution in [2.24, 2.45) is 0 Å². The monoisotopic (exact) mass is 258 g/mol. The molecule has 2 aromatic carbocycles. The van der Waals surface area contributed by atoms with Gasteiger partial charge in [-0.3, -0.25) is 4.79 Å². The number of amides is 1. The summed E-state index contributed by atoms with van der Waals surface area (Å²) < 4.78 is 13.5. The number of aryl methyl sites for hydroxylation is 1. The molecule has 0 atom stereocenters. The van der Waals surface area contributed by atoms with Gasteiger partial charge >= 0.3 is 0 Å². The average Bonchev–Trinajstić information content (AvgIpc) is 2.40. The molecule has 0 bridgehead atoms. The minimum Gasteiger partial charge on any atom is -0.399 e. The summed E-state index contributed by atoms with van der Waals surface area (Å²) in [5.74, 6) is -0.932. The molecule has 1 amide bonds. The number of rotatable bonds is 3. The average molecular weight is 258 g/mol. The molecule has 0 aromatic heterocycles. The van der Waals surface area contributed by atoms with Gasteiger partial charge in [0.2, 0.25) is 0 Å². The van der Waals surface area contributed by atoms with Gasteiger partial charge in [0.1, 0.15) is 5.82 Å². The highest BCUT2D eigenvalue weighted by Gasteiger charge is 2.11. The molecule has 3 N–H and O–H groups in total. The molecule has 0 heterocycles. The molecule has 0 spiro atoms. The van der Waals surface area contributed by atoms with Crippen LogP contribution in [0.2, 0.25) is 0 Å². The maximum absolute atomic E-state index is 13.5. The summed E-state index contributed by atoms with van der Waals surface area (Å²) in [6.07, 6.45) is 0. The lowest BCUT2D eigenvalue weighted by molar-refractivity contribution is 0.0947. The molecule has 0 saturated carbocycles. The zero-order chi connectivity index (χ0) is 13.8. The van der Waals surface area contributed by atoms with Crippen LogP contribution in [0.1, 0.15) is 21.5 Å². The van der Waals surface area contributed by atoms with E-state index >= 15 is 0 Å². The predicted octanol–water partition coefficient (Wildman–Crippen LogP) is 2.65. The molecule has 4 heteroatoms. The minimum absolute atomic E-state index is 0.0652. The number of anilines is 1. The van der Waals surface area contributed by atoms with Gasteiger partial charge in [-0.05, 0) is 36.8 Å². The molecule has 0 aliphatic heterocycles. The van der Waals surface area contributed by atoms with Crippen LogP contribution in [0, 0.1) is 12.7 Å². The van der Waals surface area contributed by atoms with Gasteiger partial charge < -0.3 is 11.1 Å². The lowest BCUT2D eigenvalue weighted by Gasteiger charge is -2.07. The molecule has 0 unspecified atom stereocenters. The third kappa shape index (κ3) is 3.31. The third-order valence-corrected chi connectivity index (χ3v) is 2.80. The molecule has 19 heavy (non-hydrogen) atoms. The Labute approximate surface area is 111 Å². The zero-order valence-corrected chi connectivity index (χ0v) is 10.6. The Morgan fingerprint density at radius 1 is 1.21 bits per heavy atom. The van der Waals surface area contributed by atoms with Gasteiger partial charge in [-0.15, -0.1) is 0 Å². The van der Waals surface area contributed by atoms with Gasteiger partial charge in [0.05, 0.1) is 5.56 Å². The Morgan fingerprint density at radius 2 is 1.89 bits per heavy atom. The molecule has 0 aliphatic carbocycles. The number of benzene rings is 2. The second-order valence-electron chi connectivity index (χ2n) is 4.41. The van der Waals surface area contributed by atoms with Gasteiger partial charge in [-0.1, -0.05) is 23.8 Å². The van der Waals surface area contributed by atoms with E-state index in [4.69, 9.17) is 5.73 Å². The minimum atomic E-state index is -0.514. The molecule has 3 nitrogen and oxygen atoms in total. The summed E-state index contributed by atoms with van der Waals surface area (Å²) in [5.41, 5.74) is 8.06. The first-order valence-electron chi connectivity index (χ1n) is 5.95. The first kappa shape index (κ1) is 13.1. The van der Waals surface area contributed by atoms with Crippen LogP contribution in [0.5, 0.6) is 0 Å². The third-order valence-electron chi connectivity index (χ3n) is 2.80. The normalized spacial score (nSPS) is 10.2. The van der Waals surface area contributed by atoms with Gasteiger partial charge in [0.15, 0.2) is 0 Å². The number of carbonyl (C=O) groups is 1. The van der Waals surface area contributed by atoms with Crippen molar-refractivity contribution < 1.29 is 9.18 Å². The van der Waals surface area contributed by atoms with Crippen molar-refractivity contribution in [3.8, 4) is 0 Å². The van der Waals surface area contributed by atoms with E-state index in [1.807, 2.05) is 19.1 Å². The van der Waals surface area contributed by atoms with Crippen molar-refractivity contribution >= 4 is 11.6 Å². The number of nitrogens with one attached hydrogen (secondary N) is 1. The van der Waals surface area contributed by atoms with Crippen molar-refractivity contribution in [1.82, 2.24) is 5.32 Å². The van der Waals surface area contributed by atoms with Crippen molar-refractivity contribution in [2.75, 3.05) is 5.73 Å². The van der Waals surface area contributed by atoms with E-state index in [0.29, 0.717) is 12.2 Å². The first-order valence-corrected chi connectivity index (χ1v) is 5.95. The summed E-state index contributed by atoms with van der Waals surface area (Å²) in [6, 6.07) is 11.6. The second kappa shape index (κ2) is 5.52. The van der Waals surface area contributed by atoms with E-state index in [1.165, 1.54) is 12.1 Å². The second-order valence-corrected chi connectivity index (χ2v) is 4.41. The van der Waals surface area contributed by atoms with E-state index in [-0.39, 0.29) is 5.56 Å². The number of halogens is 1. The van der Waals surface area contributed by atoms with E-state index in [9.17, 15) is 9.18 Å². The number of hydrogen-bond acceptors (Lipinski definition) is 2. The van der Waals surface area contributed by atoms with E-state index in [0.717, 1.165) is 11.1 Å². The molecule has 2 aromatic rings. The summed E-state index contributed by atoms with van der Waals surface area (Å²) >= 11 is 0. The van der Waals surface area contributed by atoms with E-state index in [2.05, 4.69) is 5.32 Å². The molecule has 0 saturated heterocycles.